The molecule has 2 aromatic heterocycles. The predicted molar refractivity (Wildman–Crippen MR) is 91.6 cm³/mol. The highest BCUT2D eigenvalue weighted by atomic mass is 32.1. The molecule has 0 spiro atoms. The summed E-state index contributed by atoms with van der Waals surface area (Å²) in [6, 6.07) is 3.50. The second-order valence-corrected chi connectivity index (χ2v) is 6.61. The number of pyridine rings is 1. The molecule has 0 radical (unpaired) electrons. The number of amides is 1. The second-order valence-electron chi connectivity index (χ2n) is 5.69. The molecule has 1 amide bonds. The van der Waals surface area contributed by atoms with E-state index in [0.717, 1.165) is 30.9 Å². The maximum absolute atomic E-state index is 12.7. The molecular weight excluding hydrogens is 326 g/mol. The van der Waals surface area contributed by atoms with Crippen molar-refractivity contribution in [2.24, 2.45) is 0 Å². The van der Waals surface area contributed by atoms with E-state index in [1.807, 2.05) is 16.5 Å². The van der Waals surface area contributed by atoms with E-state index in [4.69, 9.17) is 9.47 Å². The zero-order valence-corrected chi connectivity index (χ0v) is 14.5. The van der Waals surface area contributed by atoms with Crippen LogP contribution in [0.25, 0.3) is 0 Å². The largest absolute Gasteiger partial charge is 0.475 e. The van der Waals surface area contributed by atoms with Gasteiger partial charge in [0.1, 0.15) is 6.61 Å². The number of thiazole rings is 1. The molecule has 1 saturated heterocycles. The lowest BCUT2D eigenvalue weighted by Gasteiger charge is -2.31. The van der Waals surface area contributed by atoms with E-state index in [2.05, 4.69) is 9.97 Å². The average Bonchev–Trinajstić information content (AvgIpc) is 3.17. The van der Waals surface area contributed by atoms with Crippen LogP contribution in [-0.2, 0) is 4.74 Å². The van der Waals surface area contributed by atoms with Crippen LogP contribution in [0, 0.1) is 0 Å². The van der Waals surface area contributed by atoms with Crippen LogP contribution in [0.1, 0.15) is 34.1 Å². The van der Waals surface area contributed by atoms with Gasteiger partial charge in [-0.3, -0.25) is 4.79 Å². The molecule has 2 aromatic rings. The summed E-state index contributed by atoms with van der Waals surface area (Å²) in [5.74, 6) is 0.863. The molecule has 128 valence electrons. The molecule has 6 nitrogen and oxygen atoms in total. The van der Waals surface area contributed by atoms with Gasteiger partial charge in [0.15, 0.2) is 0 Å². The molecule has 1 fully saturated rings. The van der Waals surface area contributed by atoms with Crippen molar-refractivity contribution in [2.45, 2.75) is 18.8 Å². The Morgan fingerprint density at radius 2 is 2.29 bits per heavy atom. The van der Waals surface area contributed by atoms with Gasteiger partial charge in [0.2, 0.25) is 5.88 Å². The van der Waals surface area contributed by atoms with Crippen LogP contribution in [0.2, 0.25) is 0 Å². The van der Waals surface area contributed by atoms with E-state index >= 15 is 0 Å². The lowest BCUT2D eigenvalue weighted by molar-refractivity contribution is 0.0706. The van der Waals surface area contributed by atoms with Gasteiger partial charge < -0.3 is 14.4 Å². The Labute approximate surface area is 145 Å². The summed E-state index contributed by atoms with van der Waals surface area (Å²) in [7, 11) is 1.62. The molecule has 0 bridgehead atoms. The smallest absolute Gasteiger partial charge is 0.255 e. The fraction of sp³-hybridized carbons (Fsp3) is 0.471. The monoisotopic (exact) mass is 347 g/mol. The van der Waals surface area contributed by atoms with E-state index in [1.54, 1.807) is 36.8 Å². The minimum atomic E-state index is 0.0206. The Hall–Kier alpha value is -1.99. The minimum Gasteiger partial charge on any atom is -0.475 e. The molecule has 7 heteroatoms. The van der Waals surface area contributed by atoms with Crippen molar-refractivity contribution in [2.75, 3.05) is 33.4 Å². The number of methoxy groups -OCH3 is 1. The minimum absolute atomic E-state index is 0.0206. The summed E-state index contributed by atoms with van der Waals surface area (Å²) >= 11 is 1.66. The topological polar surface area (TPSA) is 64.6 Å². The van der Waals surface area contributed by atoms with Crippen molar-refractivity contribution in [3.63, 3.8) is 0 Å². The first kappa shape index (κ1) is 16.9. The quantitative estimate of drug-likeness (QED) is 0.752. The fourth-order valence-electron chi connectivity index (χ4n) is 2.80. The molecule has 24 heavy (non-hydrogen) atoms. The highest BCUT2D eigenvalue weighted by Crippen LogP contribution is 2.28. The number of piperidine rings is 1. The summed E-state index contributed by atoms with van der Waals surface area (Å²) in [5, 5.41) is 3.11. The highest BCUT2D eigenvalue weighted by Gasteiger charge is 2.26. The van der Waals surface area contributed by atoms with Gasteiger partial charge in [0.05, 0.1) is 17.2 Å². The summed E-state index contributed by atoms with van der Waals surface area (Å²) in [4.78, 5) is 23.2. The molecule has 1 aliphatic heterocycles. The number of hydrogen-bond acceptors (Lipinski definition) is 6. The van der Waals surface area contributed by atoms with Gasteiger partial charge in [-0.2, -0.15) is 0 Å². The molecular formula is C17H21N3O3S. The summed E-state index contributed by atoms with van der Waals surface area (Å²) in [6.45, 7) is 2.46. The molecule has 1 atom stereocenters. The van der Waals surface area contributed by atoms with Crippen LogP contribution in [0.5, 0.6) is 5.88 Å². The van der Waals surface area contributed by atoms with Crippen molar-refractivity contribution in [3.8, 4) is 5.88 Å². The van der Waals surface area contributed by atoms with E-state index < -0.39 is 0 Å². The van der Waals surface area contributed by atoms with Crippen LogP contribution < -0.4 is 4.74 Å². The molecule has 3 rings (SSSR count). The molecule has 0 aliphatic carbocycles. The van der Waals surface area contributed by atoms with Crippen molar-refractivity contribution >= 4 is 17.2 Å². The SMILES string of the molecule is COCCOc1ccc(C(=O)N2CCC[C@H](c3nccs3)C2)cn1. The predicted octanol–water partition coefficient (Wildman–Crippen LogP) is 2.58. The Balaban J connectivity index is 1.61. The van der Waals surface area contributed by atoms with Crippen molar-refractivity contribution in [3.05, 3.63) is 40.5 Å². The average molecular weight is 347 g/mol. The maximum atomic E-state index is 12.7. The van der Waals surface area contributed by atoms with Gasteiger partial charge in [-0.1, -0.05) is 0 Å². The summed E-state index contributed by atoms with van der Waals surface area (Å²) in [5.41, 5.74) is 0.592. The molecule has 0 unspecified atom stereocenters. The number of hydrogen-bond donors (Lipinski definition) is 0. The summed E-state index contributed by atoms with van der Waals surface area (Å²) in [6.07, 6.45) is 5.49. The number of likely N-dealkylation sites (tertiary alicyclic amines) is 1. The zero-order valence-electron chi connectivity index (χ0n) is 13.7. The number of carbonyl (C=O) groups excluding carboxylic acids is 1. The third-order valence-electron chi connectivity index (χ3n) is 4.03. The van der Waals surface area contributed by atoms with Gasteiger partial charge in [0.25, 0.3) is 5.91 Å². The van der Waals surface area contributed by atoms with E-state index in [1.165, 1.54) is 0 Å². The van der Waals surface area contributed by atoms with Crippen molar-refractivity contribution in [1.29, 1.82) is 0 Å². The van der Waals surface area contributed by atoms with Crippen LogP contribution in [-0.4, -0.2) is 54.2 Å². The number of nitrogens with zero attached hydrogens (tertiary/aromatic N) is 3. The van der Waals surface area contributed by atoms with Crippen molar-refractivity contribution < 1.29 is 14.3 Å². The Morgan fingerprint density at radius 1 is 1.38 bits per heavy atom. The third kappa shape index (κ3) is 4.10. The normalized spacial score (nSPS) is 17.7. The van der Waals surface area contributed by atoms with Crippen LogP contribution in [0.4, 0.5) is 0 Å². The van der Waals surface area contributed by atoms with Gasteiger partial charge in [-0.25, -0.2) is 9.97 Å². The first-order valence-corrected chi connectivity index (χ1v) is 8.92. The van der Waals surface area contributed by atoms with Gasteiger partial charge in [0, 0.05) is 50.0 Å². The van der Waals surface area contributed by atoms with Crippen molar-refractivity contribution in [1.82, 2.24) is 14.9 Å². The molecule has 0 aromatic carbocycles. The molecule has 0 N–H and O–H groups in total. The number of rotatable bonds is 6. The lowest BCUT2D eigenvalue weighted by Crippen LogP contribution is -2.39. The Morgan fingerprint density at radius 3 is 3.00 bits per heavy atom. The Bertz CT molecular complexity index is 646. The number of ether oxygens (including phenoxy) is 2. The maximum Gasteiger partial charge on any atom is 0.255 e. The van der Waals surface area contributed by atoms with Gasteiger partial charge in [-0.15, -0.1) is 11.3 Å². The highest BCUT2D eigenvalue weighted by molar-refractivity contribution is 7.09. The Kier molecular flexibility index (Phi) is 5.77. The van der Waals surface area contributed by atoms with Gasteiger partial charge in [-0.05, 0) is 18.9 Å². The first-order chi connectivity index (χ1) is 11.8. The molecule has 1 aliphatic rings. The van der Waals surface area contributed by atoms with Crippen LogP contribution >= 0.6 is 11.3 Å². The molecule has 0 saturated carbocycles. The first-order valence-electron chi connectivity index (χ1n) is 8.04. The zero-order chi connectivity index (χ0) is 16.8. The lowest BCUT2D eigenvalue weighted by atomic mass is 9.98. The summed E-state index contributed by atoms with van der Waals surface area (Å²) < 4.78 is 10.4. The van der Waals surface area contributed by atoms with E-state index in [9.17, 15) is 4.79 Å². The number of aromatic nitrogens is 2. The van der Waals surface area contributed by atoms with Gasteiger partial charge >= 0.3 is 0 Å². The van der Waals surface area contributed by atoms with Crippen LogP contribution in [0.3, 0.4) is 0 Å². The third-order valence-corrected chi connectivity index (χ3v) is 4.97. The molecule has 3 heterocycles. The van der Waals surface area contributed by atoms with E-state index in [-0.39, 0.29) is 5.91 Å². The second kappa shape index (κ2) is 8.21. The fourth-order valence-corrected chi connectivity index (χ4v) is 3.57. The number of carbonyl (C=O) groups is 1. The van der Waals surface area contributed by atoms with E-state index in [0.29, 0.717) is 30.6 Å². The standard InChI is InChI=1S/C17H21N3O3S/c1-22-8-9-23-15-5-4-13(11-19-15)17(21)20-7-2-3-14(12-20)16-18-6-10-24-16/h4-6,10-11,14H,2-3,7-9,12H2,1H3/t14-/m0/s1. The van der Waals surface area contributed by atoms with Crippen LogP contribution in [0.15, 0.2) is 29.9 Å².